The van der Waals surface area contributed by atoms with Gasteiger partial charge in [-0.15, -0.1) is 0 Å². The number of esters is 1. The van der Waals surface area contributed by atoms with E-state index in [4.69, 9.17) is 10.5 Å². The van der Waals surface area contributed by atoms with E-state index < -0.39 is 11.5 Å². The molecule has 0 heterocycles. The van der Waals surface area contributed by atoms with Crippen molar-refractivity contribution in [3.8, 4) is 0 Å². The Kier molecular flexibility index (Phi) is 4.46. The maximum Gasteiger partial charge on any atom is 0.327 e. The van der Waals surface area contributed by atoms with Gasteiger partial charge in [-0.2, -0.15) is 0 Å². The standard InChI is InChI=1S/C12H17NO3/c1-12(13,11(14)15-2)9-16-8-10-6-4-3-5-7-10/h3-7H,8-9,13H2,1-2H3/t12-/m0/s1. The summed E-state index contributed by atoms with van der Waals surface area (Å²) in [5.41, 5.74) is 5.69. The van der Waals surface area contributed by atoms with Gasteiger partial charge in [-0.3, -0.25) is 0 Å². The monoisotopic (exact) mass is 223 g/mol. The number of benzene rings is 1. The van der Waals surface area contributed by atoms with E-state index in [9.17, 15) is 4.79 Å². The lowest BCUT2D eigenvalue weighted by Crippen LogP contribution is -2.49. The summed E-state index contributed by atoms with van der Waals surface area (Å²) in [4.78, 5) is 11.2. The van der Waals surface area contributed by atoms with E-state index in [-0.39, 0.29) is 6.61 Å². The molecule has 0 saturated carbocycles. The Bertz CT molecular complexity index is 335. The highest BCUT2D eigenvalue weighted by Gasteiger charge is 2.29. The van der Waals surface area contributed by atoms with Gasteiger partial charge in [0.1, 0.15) is 5.54 Å². The number of hydrogen-bond donors (Lipinski definition) is 1. The molecule has 4 heteroatoms. The third kappa shape index (κ3) is 3.64. The third-order valence-electron chi connectivity index (χ3n) is 2.17. The largest absolute Gasteiger partial charge is 0.468 e. The zero-order valence-corrected chi connectivity index (χ0v) is 9.60. The van der Waals surface area contributed by atoms with Gasteiger partial charge in [-0.25, -0.2) is 4.79 Å². The molecule has 0 bridgehead atoms. The fourth-order valence-corrected chi connectivity index (χ4v) is 1.25. The normalized spacial score (nSPS) is 14.2. The highest BCUT2D eigenvalue weighted by Crippen LogP contribution is 2.06. The summed E-state index contributed by atoms with van der Waals surface area (Å²) in [6.45, 7) is 2.16. The fourth-order valence-electron chi connectivity index (χ4n) is 1.25. The van der Waals surface area contributed by atoms with Crippen molar-refractivity contribution in [2.75, 3.05) is 13.7 Å². The smallest absolute Gasteiger partial charge is 0.327 e. The molecule has 4 nitrogen and oxygen atoms in total. The van der Waals surface area contributed by atoms with Crippen LogP contribution >= 0.6 is 0 Å². The van der Waals surface area contributed by atoms with Crippen LogP contribution in [0, 0.1) is 0 Å². The topological polar surface area (TPSA) is 61.5 Å². The van der Waals surface area contributed by atoms with Gasteiger partial charge in [0.05, 0.1) is 20.3 Å². The zero-order valence-electron chi connectivity index (χ0n) is 9.60. The zero-order chi connectivity index (χ0) is 12.0. The van der Waals surface area contributed by atoms with Crippen LogP contribution in [0.25, 0.3) is 0 Å². The summed E-state index contributed by atoms with van der Waals surface area (Å²) >= 11 is 0. The maximum atomic E-state index is 11.2. The predicted molar refractivity (Wildman–Crippen MR) is 60.7 cm³/mol. The molecule has 0 amide bonds. The Morgan fingerprint density at radius 3 is 2.56 bits per heavy atom. The maximum absolute atomic E-state index is 11.2. The third-order valence-corrected chi connectivity index (χ3v) is 2.17. The van der Waals surface area contributed by atoms with Gasteiger partial charge in [0.15, 0.2) is 0 Å². The summed E-state index contributed by atoms with van der Waals surface area (Å²) in [7, 11) is 1.31. The van der Waals surface area contributed by atoms with E-state index in [2.05, 4.69) is 4.74 Å². The second-order valence-electron chi connectivity index (χ2n) is 3.89. The van der Waals surface area contributed by atoms with Crippen molar-refractivity contribution in [2.45, 2.75) is 19.1 Å². The number of ether oxygens (including phenoxy) is 2. The number of carbonyl (C=O) groups is 1. The molecule has 0 fully saturated rings. The summed E-state index contributed by atoms with van der Waals surface area (Å²) in [6.07, 6.45) is 0. The lowest BCUT2D eigenvalue weighted by Gasteiger charge is -2.21. The van der Waals surface area contributed by atoms with Gasteiger partial charge in [-0.05, 0) is 12.5 Å². The summed E-state index contributed by atoms with van der Waals surface area (Å²) < 4.78 is 9.96. The molecule has 0 saturated heterocycles. The van der Waals surface area contributed by atoms with Crippen LogP contribution < -0.4 is 5.73 Å². The molecule has 1 rings (SSSR count). The Morgan fingerprint density at radius 2 is 2.00 bits per heavy atom. The fraction of sp³-hybridized carbons (Fsp3) is 0.417. The molecule has 1 atom stereocenters. The van der Waals surface area contributed by atoms with Crippen molar-refractivity contribution in [1.29, 1.82) is 0 Å². The van der Waals surface area contributed by atoms with Gasteiger partial charge in [0, 0.05) is 0 Å². The molecule has 16 heavy (non-hydrogen) atoms. The van der Waals surface area contributed by atoms with E-state index in [0.29, 0.717) is 6.61 Å². The Morgan fingerprint density at radius 1 is 1.38 bits per heavy atom. The highest BCUT2D eigenvalue weighted by atomic mass is 16.5. The molecule has 1 aromatic carbocycles. The highest BCUT2D eigenvalue weighted by molar-refractivity contribution is 5.80. The number of nitrogens with two attached hydrogens (primary N) is 1. The summed E-state index contributed by atoms with van der Waals surface area (Å²) in [5, 5.41) is 0. The first kappa shape index (κ1) is 12.7. The Labute approximate surface area is 95.3 Å². The second-order valence-corrected chi connectivity index (χ2v) is 3.89. The van der Waals surface area contributed by atoms with Crippen LogP contribution in [0.3, 0.4) is 0 Å². The van der Waals surface area contributed by atoms with Gasteiger partial charge < -0.3 is 15.2 Å². The molecule has 1 aromatic rings. The average Bonchev–Trinajstić information content (AvgIpc) is 2.29. The molecule has 0 aliphatic rings. The summed E-state index contributed by atoms with van der Waals surface area (Å²) in [5.74, 6) is -0.472. The average molecular weight is 223 g/mol. The van der Waals surface area contributed by atoms with Crippen LogP contribution in [0.15, 0.2) is 30.3 Å². The van der Waals surface area contributed by atoms with Crippen LogP contribution in [-0.2, 0) is 20.9 Å². The lowest BCUT2D eigenvalue weighted by molar-refractivity contribution is -0.148. The minimum Gasteiger partial charge on any atom is -0.468 e. The first-order chi connectivity index (χ1) is 7.56. The van der Waals surface area contributed by atoms with Gasteiger partial charge in [-0.1, -0.05) is 30.3 Å². The van der Waals surface area contributed by atoms with Crippen molar-refractivity contribution >= 4 is 5.97 Å². The Hall–Kier alpha value is -1.39. The van der Waals surface area contributed by atoms with Crippen LogP contribution in [-0.4, -0.2) is 25.2 Å². The summed E-state index contributed by atoms with van der Waals surface area (Å²) in [6, 6.07) is 9.70. The van der Waals surface area contributed by atoms with Gasteiger partial charge in [0.25, 0.3) is 0 Å². The number of methoxy groups -OCH3 is 1. The molecule has 0 spiro atoms. The SMILES string of the molecule is COC(=O)[C@@](C)(N)COCc1ccccc1. The minimum atomic E-state index is -1.09. The molecular formula is C12H17NO3. The van der Waals surface area contributed by atoms with Crippen molar-refractivity contribution < 1.29 is 14.3 Å². The van der Waals surface area contributed by atoms with Crippen molar-refractivity contribution in [2.24, 2.45) is 5.73 Å². The first-order valence-electron chi connectivity index (χ1n) is 5.05. The van der Waals surface area contributed by atoms with Crippen LogP contribution in [0.4, 0.5) is 0 Å². The molecular weight excluding hydrogens is 206 g/mol. The molecule has 0 aliphatic heterocycles. The van der Waals surface area contributed by atoms with Crippen molar-refractivity contribution in [1.82, 2.24) is 0 Å². The minimum absolute atomic E-state index is 0.133. The van der Waals surface area contributed by atoms with Crippen LogP contribution in [0.1, 0.15) is 12.5 Å². The second kappa shape index (κ2) is 5.63. The van der Waals surface area contributed by atoms with Gasteiger partial charge in [0.2, 0.25) is 0 Å². The van der Waals surface area contributed by atoms with E-state index in [1.807, 2.05) is 30.3 Å². The number of hydrogen-bond acceptors (Lipinski definition) is 4. The van der Waals surface area contributed by atoms with Crippen molar-refractivity contribution in [3.05, 3.63) is 35.9 Å². The predicted octanol–water partition coefficient (Wildman–Crippen LogP) is 1.09. The van der Waals surface area contributed by atoms with Crippen molar-refractivity contribution in [3.63, 3.8) is 0 Å². The van der Waals surface area contributed by atoms with Crippen LogP contribution in [0.5, 0.6) is 0 Å². The molecule has 0 aromatic heterocycles. The Balaban J connectivity index is 2.38. The molecule has 88 valence electrons. The molecule has 0 radical (unpaired) electrons. The van der Waals surface area contributed by atoms with Crippen LogP contribution in [0.2, 0.25) is 0 Å². The van der Waals surface area contributed by atoms with E-state index >= 15 is 0 Å². The number of carbonyl (C=O) groups excluding carboxylic acids is 1. The first-order valence-corrected chi connectivity index (χ1v) is 5.05. The van der Waals surface area contributed by atoms with E-state index in [1.165, 1.54) is 7.11 Å². The molecule has 0 unspecified atom stereocenters. The molecule has 2 N–H and O–H groups in total. The number of rotatable bonds is 5. The van der Waals surface area contributed by atoms with Gasteiger partial charge >= 0.3 is 5.97 Å². The molecule has 0 aliphatic carbocycles. The van der Waals surface area contributed by atoms with E-state index in [1.54, 1.807) is 6.92 Å². The lowest BCUT2D eigenvalue weighted by atomic mass is 10.1. The van der Waals surface area contributed by atoms with E-state index in [0.717, 1.165) is 5.56 Å². The quantitative estimate of drug-likeness (QED) is 0.759.